The van der Waals surface area contributed by atoms with Gasteiger partial charge in [-0.3, -0.25) is 4.79 Å². The van der Waals surface area contributed by atoms with Crippen molar-refractivity contribution in [2.24, 2.45) is 0 Å². The van der Waals surface area contributed by atoms with E-state index >= 15 is 0 Å². The van der Waals surface area contributed by atoms with Gasteiger partial charge in [-0.1, -0.05) is 0 Å². The topological polar surface area (TPSA) is 42.1 Å². The Bertz CT molecular complexity index is 515. The standard InChI is InChI=1S/C8H3F8NO2/c9-5(10)3-4(19-8(14,15)16)2(7(11,12)13)1-17-6(3)18/h1,5H,(H,17,18). The van der Waals surface area contributed by atoms with E-state index in [9.17, 15) is 39.9 Å². The quantitative estimate of drug-likeness (QED) is 0.852. The largest absolute Gasteiger partial charge is 0.573 e. The predicted molar refractivity (Wildman–Crippen MR) is 43.7 cm³/mol. The molecule has 0 bridgehead atoms. The summed E-state index contributed by atoms with van der Waals surface area (Å²) < 4.78 is 101. The third-order valence-corrected chi connectivity index (χ3v) is 1.82. The molecule has 1 heterocycles. The Hall–Kier alpha value is -1.81. The fourth-order valence-corrected chi connectivity index (χ4v) is 1.16. The van der Waals surface area contributed by atoms with Crippen molar-refractivity contribution in [2.45, 2.75) is 19.0 Å². The van der Waals surface area contributed by atoms with Crippen LogP contribution >= 0.6 is 0 Å². The van der Waals surface area contributed by atoms with Crippen molar-refractivity contribution in [3.05, 3.63) is 27.7 Å². The van der Waals surface area contributed by atoms with Crippen molar-refractivity contribution in [1.29, 1.82) is 0 Å². The average Bonchev–Trinajstić information content (AvgIpc) is 2.11. The van der Waals surface area contributed by atoms with Crippen LogP contribution in [0.4, 0.5) is 35.1 Å². The molecular weight excluding hydrogens is 294 g/mol. The van der Waals surface area contributed by atoms with E-state index in [1.54, 1.807) is 0 Å². The van der Waals surface area contributed by atoms with Crippen LogP contribution in [0.3, 0.4) is 0 Å². The summed E-state index contributed by atoms with van der Waals surface area (Å²) in [5.41, 5.74) is -5.99. The Morgan fingerprint density at radius 2 is 1.63 bits per heavy atom. The molecule has 108 valence electrons. The molecule has 0 aliphatic carbocycles. The van der Waals surface area contributed by atoms with Gasteiger partial charge in [-0.2, -0.15) is 13.2 Å². The number of ether oxygens (including phenoxy) is 1. The van der Waals surface area contributed by atoms with Crippen molar-refractivity contribution in [1.82, 2.24) is 4.98 Å². The molecule has 0 aromatic carbocycles. The number of aromatic nitrogens is 1. The van der Waals surface area contributed by atoms with Crippen LogP contribution in [0.25, 0.3) is 0 Å². The predicted octanol–water partition coefficient (Wildman–Crippen LogP) is 3.23. The minimum Gasteiger partial charge on any atom is -0.404 e. The monoisotopic (exact) mass is 297 g/mol. The third kappa shape index (κ3) is 3.58. The highest BCUT2D eigenvalue weighted by Crippen LogP contribution is 2.41. The van der Waals surface area contributed by atoms with Gasteiger partial charge in [0.05, 0.1) is 0 Å². The number of alkyl halides is 8. The summed E-state index contributed by atoms with van der Waals surface area (Å²) in [6.45, 7) is 0. The van der Waals surface area contributed by atoms with E-state index in [1.807, 2.05) is 0 Å². The zero-order valence-corrected chi connectivity index (χ0v) is 8.49. The number of nitrogens with one attached hydrogen (secondary N) is 1. The van der Waals surface area contributed by atoms with Crippen molar-refractivity contribution >= 4 is 0 Å². The molecule has 0 fully saturated rings. The normalized spacial score (nSPS) is 12.9. The molecule has 1 aromatic heterocycles. The summed E-state index contributed by atoms with van der Waals surface area (Å²) in [6.07, 6.45) is -15.1. The van der Waals surface area contributed by atoms with Crippen molar-refractivity contribution in [3.63, 3.8) is 0 Å². The van der Waals surface area contributed by atoms with E-state index in [-0.39, 0.29) is 6.20 Å². The molecule has 19 heavy (non-hydrogen) atoms. The summed E-state index contributed by atoms with van der Waals surface area (Å²) in [4.78, 5) is 12.2. The van der Waals surface area contributed by atoms with Gasteiger partial charge < -0.3 is 9.72 Å². The van der Waals surface area contributed by atoms with Gasteiger partial charge in [0.25, 0.3) is 12.0 Å². The zero-order valence-electron chi connectivity index (χ0n) is 8.49. The van der Waals surface area contributed by atoms with Gasteiger partial charge in [0.1, 0.15) is 11.1 Å². The molecule has 1 N–H and O–H groups in total. The van der Waals surface area contributed by atoms with E-state index in [4.69, 9.17) is 0 Å². The second kappa shape index (κ2) is 4.70. The second-order valence-corrected chi connectivity index (χ2v) is 3.12. The Labute approximate surface area is 98.3 Å². The van der Waals surface area contributed by atoms with Crippen LogP contribution in [0.2, 0.25) is 0 Å². The first-order valence-electron chi connectivity index (χ1n) is 4.30. The number of hydrogen-bond donors (Lipinski definition) is 1. The molecule has 3 nitrogen and oxygen atoms in total. The van der Waals surface area contributed by atoms with E-state index in [0.717, 1.165) is 0 Å². The van der Waals surface area contributed by atoms with Crippen molar-refractivity contribution in [3.8, 4) is 5.75 Å². The van der Waals surface area contributed by atoms with Crippen molar-refractivity contribution < 1.29 is 39.9 Å². The molecule has 0 amide bonds. The molecule has 0 saturated heterocycles. The maximum atomic E-state index is 12.4. The van der Waals surface area contributed by atoms with Gasteiger partial charge in [0.15, 0.2) is 5.75 Å². The van der Waals surface area contributed by atoms with Crippen LogP contribution in [-0.2, 0) is 6.18 Å². The smallest absolute Gasteiger partial charge is 0.404 e. The highest BCUT2D eigenvalue weighted by atomic mass is 19.4. The lowest BCUT2D eigenvalue weighted by Gasteiger charge is -2.17. The van der Waals surface area contributed by atoms with Gasteiger partial charge in [0, 0.05) is 6.20 Å². The lowest BCUT2D eigenvalue weighted by atomic mass is 10.1. The maximum Gasteiger partial charge on any atom is 0.573 e. The Morgan fingerprint density at radius 1 is 1.11 bits per heavy atom. The molecule has 11 heteroatoms. The minimum atomic E-state index is -5.66. The highest BCUT2D eigenvalue weighted by Gasteiger charge is 2.43. The number of H-pyrrole nitrogens is 1. The SMILES string of the molecule is O=c1[nH]cc(C(F)(F)F)c(OC(F)(F)F)c1C(F)F. The average molecular weight is 297 g/mol. The van der Waals surface area contributed by atoms with Crippen LogP contribution < -0.4 is 10.3 Å². The van der Waals surface area contributed by atoms with Crippen LogP contribution in [0.5, 0.6) is 5.75 Å². The number of pyridine rings is 1. The molecule has 0 unspecified atom stereocenters. The fraction of sp³-hybridized carbons (Fsp3) is 0.375. The lowest BCUT2D eigenvalue weighted by Crippen LogP contribution is -2.26. The Balaban J connectivity index is 3.59. The highest BCUT2D eigenvalue weighted by molar-refractivity contribution is 5.41. The van der Waals surface area contributed by atoms with Gasteiger partial charge in [0.2, 0.25) is 0 Å². The molecule has 0 aliphatic heterocycles. The zero-order chi connectivity index (χ0) is 15.0. The van der Waals surface area contributed by atoms with Gasteiger partial charge >= 0.3 is 12.5 Å². The first-order chi connectivity index (χ1) is 8.43. The van der Waals surface area contributed by atoms with Crippen LogP contribution in [0.15, 0.2) is 11.0 Å². The first kappa shape index (κ1) is 15.2. The van der Waals surface area contributed by atoms with E-state index in [0.29, 0.717) is 0 Å². The molecular formula is C8H3F8NO2. The second-order valence-electron chi connectivity index (χ2n) is 3.12. The molecule has 0 radical (unpaired) electrons. The number of rotatable bonds is 2. The molecule has 0 atom stereocenters. The summed E-state index contributed by atoms with van der Waals surface area (Å²) >= 11 is 0. The summed E-state index contributed by atoms with van der Waals surface area (Å²) in [5.74, 6) is -2.25. The Morgan fingerprint density at radius 3 is 2.00 bits per heavy atom. The molecule has 1 aromatic rings. The number of aromatic amines is 1. The van der Waals surface area contributed by atoms with E-state index in [2.05, 4.69) is 4.74 Å². The Kier molecular flexibility index (Phi) is 3.77. The molecule has 1 rings (SSSR count). The molecule has 0 spiro atoms. The minimum absolute atomic E-state index is 0.171. The van der Waals surface area contributed by atoms with Crippen LogP contribution in [-0.4, -0.2) is 11.3 Å². The summed E-state index contributed by atoms with van der Waals surface area (Å²) in [6, 6.07) is 0. The van der Waals surface area contributed by atoms with Gasteiger partial charge in [-0.05, 0) is 0 Å². The fourth-order valence-electron chi connectivity index (χ4n) is 1.16. The number of hydrogen-bond acceptors (Lipinski definition) is 2. The van der Waals surface area contributed by atoms with E-state index in [1.165, 1.54) is 4.98 Å². The van der Waals surface area contributed by atoms with Crippen LogP contribution in [0, 0.1) is 0 Å². The van der Waals surface area contributed by atoms with Crippen molar-refractivity contribution in [2.75, 3.05) is 0 Å². The maximum absolute atomic E-state index is 12.4. The summed E-state index contributed by atoms with van der Waals surface area (Å²) in [7, 11) is 0. The molecule has 0 aliphatic rings. The van der Waals surface area contributed by atoms with E-state index < -0.39 is 41.4 Å². The molecule has 0 saturated carbocycles. The van der Waals surface area contributed by atoms with Crippen LogP contribution in [0.1, 0.15) is 17.6 Å². The van der Waals surface area contributed by atoms with Gasteiger partial charge in [-0.25, -0.2) is 8.78 Å². The summed E-state index contributed by atoms with van der Waals surface area (Å²) in [5, 5.41) is 0. The lowest BCUT2D eigenvalue weighted by molar-refractivity contribution is -0.276. The van der Waals surface area contributed by atoms with Gasteiger partial charge in [-0.15, -0.1) is 13.2 Å². The third-order valence-electron chi connectivity index (χ3n) is 1.82. The number of halogens is 8. The first-order valence-corrected chi connectivity index (χ1v) is 4.30.